The van der Waals surface area contributed by atoms with E-state index in [0.29, 0.717) is 16.3 Å². The van der Waals surface area contributed by atoms with Gasteiger partial charge in [0.05, 0.1) is 21.2 Å². The van der Waals surface area contributed by atoms with Crippen LogP contribution >= 0.6 is 23.2 Å². The zero-order chi connectivity index (χ0) is 18.2. The van der Waals surface area contributed by atoms with Crippen LogP contribution < -0.4 is 9.62 Å². The van der Waals surface area contributed by atoms with Crippen molar-refractivity contribution >= 4 is 44.8 Å². The van der Waals surface area contributed by atoms with E-state index >= 15 is 0 Å². The molecule has 0 bridgehead atoms. The summed E-state index contributed by atoms with van der Waals surface area (Å²) in [7, 11) is -2.32. The SMILES string of the molecule is CN(c1ccc(C(=O)NC2CC2)c(Cl)c1)S(=O)(=O)c1ccc(Cl)cc1. The van der Waals surface area contributed by atoms with Gasteiger partial charge in [-0.15, -0.1) is 0 Å². The largest absolute Gasteiger partial charge is 0.349 e. The molecule has 5 nitrogen and oxygen atoms in total. The monoisotopic (exact) mass is 398 g/mol. The van der Waals surface area contributed by atoms with Gasteiger partial charge in [0.1, 0.15) is 0 Å². The minimum absolute atomic E-state index is 0.117. The first-order valence-corrected chi connectivity index (χ1v) is 9.83. The van der Waals surface area contributed by atoms with Crippen molar-refractivity contribution in [2.24, 2.45) is 0 Å². The minimum Gasteiger partial charge on any atom is -0.349 e. The van der Waals surface area contributed by atoms with Crippen molar-refractivity contribution < 1.29 is 13.2 Å². The third kappa shape index (κ3) is 3.92. The standard InChI is InChI=1S/C17H16Cl2N2O3S/c1-21(25(23,24)14-7-2-11(18)3-8-14)13-6-9-15(16(19)10-13)17(22)20-12-4-5-12/h2-3,6-10,12H,4-5H2,1H3,(H,20,22). The van der Waals surface area contributed by atoms with Crippen LogP contribution in [0.2, 0.25) is 10.0 Å². The molecule has 0 aromatic heterocycles. The smallest absolute Gasteiger partial charge is 0.264 e. The number of halogens is 2. The number of amides is 1. The highest BCUT2D eigenvalue weighted by molar-refractivity contribution is 7.92. The molecule has 1 aliphatic carbocycles. The maximum atomic E-state index is 12.7. The Labute approximate surface area is 156 Å². The van der Waals surface area contributed by atoms with Crippen LogP contribution in [-0.4, -0.2) is 27.4 Å². The number of hydrogen-bond acceptors (Lipinski definition) is 3. The van der Waals surface area contributed by atoms with E-state index in [2.05, 4.69) is 5.32 Å². The van der Waals surface area contributed by atoms with Gasteiger partial charge in [-0.3, -0.25) is 9.10 Å². The molecule has 1 amide bonds. The lowest BCUT2D eigenvalue weighted by Gasteiger charge is -2.20. The van der Waals surface area contributed by atoms with Crippen LogP contribution in [0, 0.1) is 0 Å². The van der Waals surface area contributed by atoms with Gasteiger partial charge in [-0.05, 0) is 55.3 Å². The van der Waals surface area contributed by atoms with E-state index in [1.165, 1.54) is 43.4 Å². The molecule has 1 aliphatic rings. The van der Waals surface area contributed by atoms with Crippen molar-refractivity contribution in [3.05, 3.63) is 58.1 Å². The number of nitrogens with zero attached hydrogens (tertiary/aromatic N) is 1. The summed E-state index contributed by atoms with van der Waals surface area (Å²) in [6, 6.07) is 10.7. The zero-order valence-electron chi connectivity index (χ0n) is 13.4. The molecule has 0 spiro atoms. The fourth-order valence-electron chi connectivity index (χ4n) is 2.28. The first-order chi connectivity index (χ1) is 11.8. The minimum atomic E-state index is -3.75. The molecule has 3 rings (SSSR count). The van der Waals surface area contributed by atoms with E-state index in [9.17, 15) is 13.2 Å². The molecule has 132 valence electrons. The first-order valence-electron chi connectivity index (χ1n) is 7.64. The summed E-state index contributed by atoms with van der Waals surface area (Å²) in [6.45, 7) is 0. The lowest BCUT2D eigenvalue weighted by Crippen LogP contribution is -2.27. The first kappa shape index (κ1) is 18.0. The van der Waals surface area contributed by atoms with Crippen LogP contribution in [0.5, 0.6) is 0 Å². The maximum Gasteiger partial charge on any atom is 0.264 e. The van der Waals surface area contributed by atoms with Crippen molar-refractivity contribution in [2.45, 2.75) is 23.8 Å². The van der Waals surface area contributed by atoms with Crippen molar-refractivity contribution in [1.82, 2.24) is 5.32 Å². The second-order valence-corrected chi connectivity index (χ2v) is 8.65. The molecule has 1 N–H and O–H groups in total. The van der Waals surface area contributed by atoms with Crippen LogP contribution in [0.4, 0.5) is 5.69 Å². The van der Waals surface area contributed by atoms with Gasteiger partial charge in [0, 0.05) is 18.1 Å². The number of carbonyl (C=O) groups excluding carboxylic acids is 1. The molecule has 0 saturated heterocycles. The van der Waals surface area contributed by atoms with Crippen LogP contribution in [0.25, 0.3) is 0 Å². The number of benzene rings is 2. The lowest BCUT2D eigenvalue weighted by atomic mass is 10.2. The Bertz CT molecular complexity index is 910. The Morgan fingerprint density at radius 1 is 1.12 bits per heavy atom. The quantitative estimate of drug-likeness (QED) is 0.834. The Morgan fingerprint density at radius 3 is 2.32 bits per heavy atom. The fraction of sp³-hybridized carbons (Fsp3) is 0.235. The third-order valence-electron chi connectivity index (χ3n) is 3.95. The summed E-state index contributed by atoms with van der Waals surface area (Å²) < 4.78 is 26.5. The summed E-state index contributed by atoms with van der Waals surface area (Å²) in [6.07, 6.45) is 1.95. The maximum absolute atomic E-state index is 12.7. The summed E-state index contributed by atoms with van der Waals surface area (Å²) in [4.78, 5) is 12.2. The Kier molecular flexibility index (Phi) is 4.95. The van der Waals surface area contributed by atoms with Gasteiger partial charge in [0.2, 0.25) is 0 Å². The highest BCUT2D eigenvalue weighted by Gasteiger charge is 2.26. The highest BCUT2D eigenvalue weighted by atomic mass is 35.5. The van der Waals surface area contributed by atoms with Gasteiger partial charge in [0.25, 0.3) is 15.9 Å². The summed E-state index contributed by atoms with van der Waals surface area (Å²) >= 11 is 12.0. The molecule has 2 aromatic carbocycles. The highest BCUT2D eigenvalue weighted by Crippen LogP contribution is 2.28. The second-order valence-electron chi connectivity index (χ2n) is 5.84. The van der Waals surface area contributed by atoms with Gasteiger partial charge in [0.15, 0.2) is 0 Å². The average Bonchev–Trinajstić information content (AvgIpc) is 3.38. The number of rotatable bonds is 5. The predicted molar refractivity (Wildman–Crippen MR) is 99.0 cm³/mol. The van der Waals surface area contributed by atoms with Crippen molar-refractivity contribution in [3.8, 4) is 0 Å². The number of hydrogen-bond donors (Lipinski definition) is 1. The van der Waals surface area contributed by atoms with Crippen molar-refractivity contribution in [1.29, 1.82) is 0 Å². The lowest BCUT2D eigenvalue weighted by molar-refractivity contribution is 0.0951. The number of carbonyl (C=O) groups is 1. The molecule has 0 unspecified atom stereocenters. The van der Waals surface area contributed by atoms with Crippen LogP contribution in [0.1, 0.15) is 23.2 Å². The normalized spacial score (nSPS) is 14.2. The Morgan fingerprint density at radius 2 is 1.76 bits per heavy atom. The van der Waals surface area contributed by atoms with E-state index < -0.39 is 10.0 Å². The Hall–Kier alpha value is -1.76. The van der Waals surface area contributed by atoms with Gasteiger partial charge >= 0.3 is 0 Å². The topological polar surface area (TPSA) is 66.5 Å². The molecule has 0 aliphatic heterocycles. The zero-order valence-corrected chi connectivity index (χ0v) is 15.7. The van der Waals surface area contributed by atoms with Crippen LogP contribution in [-0.2, 0) is 10.0 Å². The van der Waals surface area contributed by atoms with Crippen molar-refractivity contribution in [2.75, 3.05) is 11.4 Å². The number of nitrogens with one attached hydrogen (secondary N) is 1. The average molecular weight is 399 g/mol. The molecular weight excluding hydrogens is 383 g/mol. The third-order valence-corrected chi connectivity index (χ3v) is 6.31. The number of anilines is 1. The molecular formula is C17H16Cl2N2O3S. The summed E-state index contributed by atoms with van der Waals surface area (Å²) in [5.74, 6) is -0.248. The molecule has 2 aromatic rings. The Balaban J connectivity index is 1.86. The molecule has 1 saturated carbocycles. The molecule has 1 fully saturated rings. The van der Waals surface area contributed by atoms with E-state index in [1.807, 2.05) is 0 Å². The van der Waals surface area contributed by atoms with Crippen molar-refractivity contribution in [3.63, 3.8) is 0 Å². The van der Waals surface area contributed by atoms with Gasteiger partial charge in [-0.2, -0.15) is 0 Å². The van der Waals surface area contributed by atoms with Crippen LogP contribution in [0.3, 0.4) is 0 Å². The molecule has 25 heavy (non-hydrogen) atoms. The van der Waals surface area contributed by atoms with Gasteiger partial charge in [-0.1, -0.05) is 23.2 Å². The van der Waals surface area contributed by atoms with E-state index in [1.54, 1.807) is 6.07 Å². The summed E-state index contributed by atoms with van der Waals surface area (Å²) in [5.41, 5.74) is 0.692. The van der Waals surface area contributed by atoms with E-state index in [0.717, 1.165) is 17.1 Å². The fourth-order valence-corrected chi connectivity index (χ4v) is 3.85. The molecule has 0 atom stereocenters. The second kappa shape index (κ2) is 6.86. The van der Waals surface area contributed by atoms with E-state index in [-0.39, 0.29) is 21.9 Å². The molecule has 0 radical (unpaired) electrons. The van der Waals surface area contributed by atoms with Gasteiger partial charge < -0.3 is 5.32 Å². The van der Waals surface area contributed by atoms with E-state index in [4.69, 9.17) is 23.2 Å². The molecule has 0 heterocycles. The summed E-state index contributed by atoms with van der Waals surface area (Å²) in [5, 5.41) is 3.51. The van der Waals surface area contributed by atoms with Gasteiger partial charge in [-0.25, -0.2) is 8.42 Å². The molecule has 8 heteroatoms. The van der Waals surface area contributed by atoms with Crippen LogP contribution in [0.15, 0.2) is 47.4 Å². The number of sulfonamides is 1. The predicted octanol–water partition coefficient (Wildman–Crippen LogP) is 3.71.